The Balaban J connectivity index is 0.00000641. The summed E-state index contributed by atoms with van der Waals surface area (Å²) in [5.74, 6) is -6.77. The smallest absolute Gasteiger partial charge is 0.411 e. The first-order valence-electron chi connectivity index (χ1n) is 20.4. The van der Waals surface area contributed by atoms with Crippen LogP contribution in [0.4, 0.5) is 21.0 Å². The molecule has 2 aromatic carbocycles. The van der Waals surface area contributed by atoms with Crippen LogP contribution in [0.2, 0.25) is 0 Å². The van der Waals surface area contributed by atoms with Crippen molar-refractivity contribution in [3.63, 3.8) is 0 Å². The standard InChI is InChI=1S/C42H57N7O8.ClH/c1-43-19-9-21-45-37(50)33-25-15-17-29(31(23-25)56-41(54)47-27-11-5-3-6-12-27)35(33)39(52)49-40(53)36-30-18-16-26(34(36)38(51)46-22-10-20-44-2)24-32(30)57-42(55)48-28-13-7-4-8-14-28;/h3-8,11-14,25-26,29-36,43-44H,9-10,15-24H2,1-2H3,(H,45,50)(H,46,51)(H,47,54)(H,48,55)(H,49,52,53);1H. The summed E-state index contributed by atoms with van der Waals surface area (Å²) in [6, 6.07) is 17.8. The van der Waals surface area contributed by atoms with Crippen molar-refractivity contribution in [2.75, 3.05) is 50.9 Å². The Morgan fingerprint density at radius 1 is 0.534 bits per heavy atom. The molecule has 8 rings (SSSR count). The predicted molar refractivity (Wildman–Crippen MR) is 220 cm³/mol. The summed E-state index contributed by atoms with van der Waals surface area (Å²) in [4.78, 5) is 83.0. The van der Waals surface area contributed by atoms with E-state index in [9.17, 15) is 28.8 Å². The van der Waals surface area contributed by atoms with Gasteiger partial charge in [-0.05, 0) is 115 Å². The van der Waals surface area contributed by atoms with E-state index in [1.54, 1.807) is 48.5 Å². The lowest BCUT2D eigenvalue weighted by molar-refractivity contribution is -0.161. The second kappa shape index (κ2) is 21.3. The largest absolute Gasteiger partial charge is 0.446 e. The Hall–Kier alpha value is -4.73. The fourth-order valence-electron chi connectivity index (χ4n) is 9.79. The summed E-state index contributed by atoms with van der Waals surface area (Å²) in [6.45, 7) is 2.23. The van der Waals surface area contributed by atoms with Crippen LogP contribution in [0.15, 0.2) is 60.7 Å². The minimum absolute atomic E-state index is 0. The number of fused-ring (bicyclic) bond motifs is 6. The van der Waals surface area contributed by atoms with Crippen LogP contribution in [0.25, 0.3) is 0 Å². The van der Waals surface area contributed by atoms with Crippen molar-refractivity contribution in [3.05, 3.63) is 60.7 Å². The molecule has 6 fully saturated rings. The van der Waals surface area contributed by atoms with E-state index in [4.69, 9.17) is 9.47 Å². The summed E-state index contributed by atoms with van der Waals surface area (Å²) in [5.41, 5.74) is 1.12. The molecule has 16 heteroatoms. The van der Waals surface area contributed by atoms with Crippen LogP contribution in [0, 0.1) is 47.3 Å². The highest BCUT2D eigenvalue weighted by Crippen LogP contribution is 2.52. The van der Waals surface area contributed by atoms with Gasteiger partial charge in [-0.25, -0.2) is 9.59 Å². The topological polar surface area (TPSA) is 205 Å². The molecule has 0 saturated heterocycles. The number of rotatable bonds is 16. The van der Waals surface area contributed by atoms with Crippen molar-refractivity contribution in [1.29, 1.82) is 0 Å². The maximum Gasteiger partial charge on any atom is 0.411 e. The molecule has 10 unspecified atom stereocenters. The number of benzene rings is 2. The number of para-hydroxylation sites is 2. The third-order valence-corrected chi connectivity index (χ3v) is 12.3. The molecule has 7 N–H and O–H groups in total. The molecule has 6 aliphatic carbocycles. The molecule has 58 heavy (non-hydrogen) atoms. The molecule has 15 nitrogen and oxygen atoms in total. The number of anilines is 2. The van der Waals surface area contributed by atoms with Gasteiger partial charge in [0, 0.05) is 36.3 Å². The zero-order valence-corrected chi connectivity index (χ0v) is 34.0. The normalized spacial score (nSPS) is 27.9. The van der Waals surface area contributed by atoms with Crippen molar-refractivity contribution < 1.29 is 38.2 Å². The highest BCUT2D eigenvalue weighted by atomic mass is 35.5. The van der Waals surface area contributed by atoms with Crippen LogP contribution in [-0.4, -0.2) is 88.3 Å². The molecule has 316 valence electrons. The monoisotopic (exact) mass is 823 g/mol. The minimum atomic E-state index is -0.960. The minimum Gasteiger partial charge on any atom is -0.446 e. The highest BCUT2D eigenvalue weighted by molar-refractivity contribution is 6.01. The van der Waals surface area contributed by atoms with Gasteiger partial charge < -0.3 is 30.7 Å². The van der Waals surface area contributed by atoms with Gasteiger partial charge in [-0.2, -0.15) is 0 Å². The molecule has 4 bridgehead atoms. The van der Waals surface area contributed by atoms with E-state index < -0.39 is 71.7 Å². The van der Waals surface area contributed by atoms with Crippen LogP contribution < -0.4 is 37.2 Å². The summed E-state index contributed by atoms with van der Waals surface area (Å²) in [6.07, 6.45) is 1.97. The Kier molecular flexibility index (Phi) is 16.3. The Bertz CT molecular complexity index is 1600. The maximum absolute atomic E-state index is 14.6. The lowest BCUT2D eigenvalue weighted by Gasteiger charge is -2.51. The second-order valence-corrected chi connectivity index (χ2v) is 15.8. The van der Waals surface area contributed by atoms with E-state index in [-0.39, 0.29) is 36.1 Å². The van der Waals surface area contributed by atoms with Crippen molar-refractivity contribution in [1.82, 2.24) is 26.6 Å². The molecule has 6 amide bonds. The van der Waals surface area contributed by atoms with E-state index in [0.717, 1.165) is 0 Å². The lowest BCUT2D eigenvalue weighted by Crippen LogP contribution is -2.62. The third-order valence-electron chi connectivity index (χ3n) is 12.3. The van der Waals surface area contributed by atoms with Crippen molar-refractivity contribution in [3.8, 4) is 0 Å². The zero-order valence-electron chi connectivity index (χ0n) is 33.2. The van der Waals surface area contributed by atoms with Gasteiger partial charge >= 0.3 is 12.2 Å². The van der Waals surface area contributed by atoms with E-state index in [1.165, 1.54) is 0 Å². The second-order valence-electron chi connectivity index (χ2n) is 15.8. The number of carbonyl (C=O) groups is 6. The number of carbonyl (C=O) groups excluding carboxylic acids is 6. The molecule has 0 heterocycles. The fourth-order valence-corrected chi connectivity index (χ4v) is 9.79. The zero-order chi connectivity index (χ0) is 40.3. The van der Waals surface area contributed by atoms with Crippen LogP contribution in [0.5, 0.6) is 0 Å². The van der Waals surface area contributed by atoms with Gasteiger partial charge in [0.1, 0.15) is 12.2 Å². The van der Waals surface area contributed by atoms with Crippen LogP contribution in [0.3, 0.4) is 0 Å². The quantitative estimate of drug-likeness (QED) is 0.0956. The van der Waals surface area contributed by atoms with Crippen molar-refractivity contribution in [2.24, 2.45) is 47.3 Å². The summed E-state index contributed by atoms with van der Waals surface area (Å²) < 4.78 is 11.9. The van der Waals surface area contributed by atoms with Gasteiger partial charge in [-0.15, -0.1) is 12.4 Å². The number of hydrogen-bond acceptors (Lipinski definition) is 10. The SMILES string of the molecule is CNCCCNC(=O)C1C2CCC(C(OC(=O)Nc3ccccc3)C2)C1C(=O)NC(=O)C1C2CCC(CC2OC(=O)Nc2ccccc2)C1C(=O)NCCCNC.Cl. The average Bonchev–Trinajstić information content (AvgIpc) is 3.21. The molecule has 2 aromatic rings. The van der Waals surface area contributed by atoms with E-state index >= 15 is 0 Å². The van der Waals surface area contributed by atoms with Gasteiger partial charge in [0.05, 0.1) is 23.7 Å². The van der Waals surface area contributed by atoms with Gasteiger partial charge in [-0.1, -0.05) is 36.4 Å². The highest BCUT2D eigenvalue weighted by Gasteiger charge is 2.58. The Morgan fingerprint density at radius 3 is 1.31 bits per heavy atom. The van der Waals surface area contributed by atoms with Crippen molar-refractivity contribution in [2.45, 2.75) is 63.6 Å². The Morgan fingerprint density at radius 2 is 0.931 bits per heavy atom. The predicted octanol–water partition coefficient (Wildman–Crippen LogP) is 4.06. The molecule has 6 saturated carbocycles. The number of imide groups is 1. The van der Waals surface area contributed by atoms with Gasteiger partial charge in [0.15, 0.2) is 0 Å². The van der Waals surface area contributed by atoms with Gasteiger partial charge in [-0.3, -0.25) is 35.1 Å². The Labute approximate surface area is 346 Å². The first-order chi connectivity index (χ1) is 27.7. The van der Waals surface area contributed by atoms with E-state index in [1.807, 2.05) is 26.2 Å². The first kappa shape index (κ1) is 44.4. The van der Waals surface area contributed by atoms with E-state index in [0.29, 0.717) is 88.9 Å². The first-order valence-corrected chi connectivity index (χ1v) is 20.4. The summed E-state index contributed by atoms with van der Waals surface area (Å²) in [7, 11) is 3.66. The van der Waals surface area contributed by atoms with Crippen molar-refractivity contribution >= 4 is 59.6 Å². The third kappa shape index (κ3) is 10.9. The lowest BCUT2D eigenvalue weighted by atomic mass is 9.56. The number of nitrogens with one attached hydrogen (secondary N) is 7. The number of halogens is 1. The van der Waals surface area contributed by atoms with Crippen LogP contribution in [0.1, 0.15) is 51.4 Å². The molecule has 6 aliphatic rings. The molecule has 10 atom stereocenters. The molecular weight excluding hydrogens is 766 g/mol. The number of amides is 6. The van der Waals surface area contributed by atoms with Gasteiger partial charge in [0.25, 0.3) is 0 Å². The number of ether oxygens (including phenoxy) is 2. The van der Waals surface area contributed by atoms with Gasteiger partial charge in [0.2, 0.25) is 23.6 Å². The van der Waals surface area contributed by atoms with Crippen LogP contribution >= 0.6 is 12.4 Å². The summed E-state index contributed by atoms with van der Waals surface area (Å²) in [5, 5.41) is 20.3. The van der Waals surface area contributed by atoms with Crippen LogP contribution in [-0.2, 0) is 28.7 Å². The summed E-state index contributed by atoms with van der Waals surface area (Å²) >= 11 is 0. The maximum atomic E-state index is 14.6. The molecule has 0 aliphatic heterocycles. The molecule has 0 aromatic heterocycles. The molecule has 0 spiro atoms. The molecular formula is C42H58ClN7O8. The average molecular weight is 824 g/mol. The fraction of sp³-hybridized carbons (Fsp3) is 0.571. The van der Waals surface area contributed by atoms with E-state index in [2.05, 4.69) is 37.2 Å². The number of hydrogen-bond donors (Lipinski definition) is 7. The molecule has 0 radical (unpaired) electrons.